The minimum Gasteiger partial charge on any atom is -0.458 e. The summed E-state index contributed by atoms with van der Waals surface area (Å²) in [5, 5.41) is 3.71. The van der Waals surface area contributed by atoms with E-state index in [0.29, 0.717) is 25.3 Å². The average molecular weight is 292 g/mol. The fourth-order valence-corrected chi connectivity index (χ4v) is 2.15. The highest BCUT2D eigenvalue weighted by Crippen LogP contribution is 2.17. The van der Waals surface area contributed by atoms with Crippen molar-refractivity contribution in [2.45, 2.75) is 19.4 Å². The summed E-state index contributed by atoms with van der Waals surface area (Å²) >= 11 is 0. The molecule has 0 N–H and O–H groups in total. The minimum absolute atomic E-state index is 0.105. The molecule has 21 heavy (non-hydrogen) atoms. The number of carbonyl (C=O) groups is 1. The molecule has 0 bridgehead atoms. The van der Waals surface area contributed by atoms with Crippen LogP contribution in [0, 0.1) is 12.7 Å². The third-order valence-corrected chi connectivity index (χ3v) is 3.15. The molecule has 1 saturated heterocycles. The molecule has 0 saturated carbocycles. The number of nitrogens with zero attached hydrogens (tertiary/aromatic N) is 4. The second-order valence-electron chi connectivity index (χ2n) is 4.79. The standard InChI is InChI=1S/C13H13FN4O3/c1-8-4-11(17-21-8)12(19)18-3-2-10(7-18)20-13-15-5-9(14)6-16-13/h4-6,10H,2-3,7H2,1H3/t10-/m0/s1. The number of halogens is 1. The van der Waals surface area contributed by atoms with Crippen molar-refractivity contribution in [3.05, 3.63) is 35.7 Å². The Morgan fingerprint density at radius 1 is 1.48 bits per heavy atom. The van der Waals surface area contributed by atoms with Crippen LogP contribution in [-0.4, -0.2) is 45.1 Å². The average Bonchev–Trinajstić information content (AvgIpc) is 3.10. The molecule has 2 aromatic rings. The highest BCUT2D eigenvalue weighted by Gasteiger charge is 2.30. The second-order valence-corrected chi connectivity index (χ2v) is 4.79. The molecule has 1 amide bonds. The van der Waals surface area contributed by atoms with Gasteiger partial charge in [0.15, 0.2) is 11.5 Å². The summed E-state index contributed by atoms with van der Waals surface area (Å²) in [6, 6.07) is 1.70. The zero-order valence-corrected chi connectivity index (χ0v) is 11.3. The molecule has 3 heterocycles. The highest BCUT2D eigenvalue weighted by atomic mass is 19.1. The molecule has 0 aromatic carbocycles. The monoisotopic (exact) mass is 292 g/mol. The molecule has 2 aromatic heterocycles. The van der Waals surface area contributed by atoms with Crippen molar-refractivity contribution < 1.29 is 18.4 Å². The summed E-state index contributed by atoms with van der Waals surface area (Å²) in [4.78, 5) is 21.3. The van der Waals surface area contributed by atoms with Crippen LogP contribution in [0.4, 0.5) is 4.39 Å². The Morgan fingerprint density at radius 2 is 2.24 bits per heavy atom. The van der Waals surface area contributed by atoms with Crippen molar-refractivity contribution in [2.24, 2.45) is 0 Å². The van der Waals surface area contributed by atoms with Crippen LogP contribution >= 0.6 is 0 Å². The van der Waals surface area contributed by atoms with Gasteiger partial charge >= 0.3 is 6.01 Å². The Labute approximate surface area is 119 Å². The van der Waals surface area contributed by atoms with Crippen LogP contribution in [0.2, 0.25) is 0 Å². The summed E-state index contributed by atoms with van der Waals surface area (Å²) < 4.78 is 23.1. The molecular weight excluding hydrogens is 279 g/mol. The van der Waals surface area contributed by atoms with E-state index < -0.39 is 5.82 Å². The highest BCUT2D eigenvalue weighted by molar-refractivity contribution is 5.92. The van der Waals surface area contributed by atoms with E-state index in [2.05, 4.69) is 15.1 Å². The van der Waals surface area contributed by atoms with E-state index in [1.54, 1.807) is 17.9 Å². The number of amides is 1. The van der Waals surface area contributed by atoms with E-state index in [9.17, 15) is 9.18 Å². The Balaban J connectivity index is 1.60. The maximum absolute atomic E-state index is 12.7. The van der Waals surface area contributed by atoms with Crippen molar-refractivity contribution in [2.75, 3.05) is 13.1 Å². The first-order chi connectivity index (χ1) is 10.1. The van der Waals surface area contributed by atoms with E-state index >= 15 is 0 Å². The summed E-state index contributed by atoms with van der Waals surface area (Å²) in [6.45, 7) is 2.69. The Bertz CT molecular complexity index is 643. The molecule has 3 rings (SSSR count). The van der Waals surface area contributed by atoms with Crippen LogP contribution in [0.3, 0.4) is 0 Å². The van der Waals surface area contributed by atoms with Gasteiger partial charge in [0.2, 0.25) is 0 Å². The molecule has 1 fully saturated rings. The minimum atomic E-state index is -0.521. The third kappa shape index (κ3) is 2.99. The van der Waals surface area contributed by atoms with Gasteiger partial charge in [0.1, 0.15) is 11.9 Å². The summed E-state index contributed by atoms with van der Waals surface area (Å²) in [6.07, 6.45) is 2.52. The molecule has 8 heteroatoms. The molecule has 0 radical (unpaired) electrons. The normalized spacial score (nSPS) is 18.0. The van der Waals surface area contributed by atoms with Gasteiger partial charge in [-0.2, -0.15) is 0 Å². The number of carbonyl (C=O) groups excluding carboxylic acids is 1. The molecule has 1 aliphatic heterocycles. The van der Waals surface area contributed by atoms with Gasteiger partial charge in [0, 0.05) is 19.0 Å². The number of aryl methyl sites for hydroxylation is 1. The lowest BCUT2D eigenvalue weighted by molar-refractivity contribution is 0.0759. The zero-order valence-electron chi connectivity index (χ0n) is 11.3. The maximum Gasteiger partial charge on any atom is 0.316 e. The van der Waals surface area contributed by atoms with E-state index in [-0.39, 0.29) is 23.7 Å². The van der Waals surface area contributed by atoms with Crippen LogP contribution in [0.15, 0.2) is 23.0 Å². The van der Waals surface area contributed by atoms with Crippen molar-refractivity contribution in [1.29, 1.82) is 0 Å². The van der Waals surface area contributed by atoms with Crippen LogP contribution in [0.5, 0.6) is 6.01 Å². The Hall–Kier alpha value is -2.51. The fourth-order valence-electron chi connectivity index (χ4n) is 2.15. The van der Waals surface area contributed by atoms with Gasteiger partial charge in [-0.15, -0.1) is 0 Å². The Kier molecular flexibility index (Phi) is 3.51. The van der Waals surface area contributed by atoms with Gasteiger partial charge in [0.05, 0.1) is 18.9 Å². The lowest BCUT2D eigenvalue weighted by Crippen LogP contribution is -2.31. The smallest absolute Gasteiger partial charge is 0.316 e. The first-order valence-electron chi connectivity index (χ1n) is 6.48. The van der Waals surface area contributed by atoms with Crippen LogP contribution < -0.4 is 4.74 Å². The lowest BCUT2D eigenvalue weighted by atomic mass is 10.3. The summed E-state index contributed by atoms with van der Waals surface area (Å²) in [5.74, 6) is -0.130. The van der Waals surface area contributed by atoms with Crippen LogP contribution in [-0.2, 0) is 0 Å². The van der Waals surface area contributed by atoms with E-state index in [1.807, 2.05) is 0 Å². The van der Waals surface area contributed by atoms with Gasteiger partial charge in [-0.25, -0.2) is 14.4 Å². The largest absolute Gasteiger partial charge is 0.458 e. The Morgan fingerprint density at radius 3 is 2.90 bits per heavy atom. The summed E-state index contributed by atoms with van der Waals surface area (Å²) in [7, 11) is 0. The lowest BCUT2D eigenvalue weighted by Gasteiger charge is -2.15. The number of ether oxygens (including phenoxy) is 1. The molecule has 7 nitrogen and oxygen atoms in total. The van der Waals surface area contributed by atoms with E-state index in [1.165, 1.54) is 0 Å². The molecule has 1 atom stereocenters. The molecule has 0 unspecified atom stereocenters. The number of rotatable bonds is 3. The van der Waals surface area contributed by atoms with Crippen molar-refractivity contribution >= 4 is 5.91 Å². The quantitative estimate of drug-likeness (QED) is 0.845. The van der Waals surface area contributed by atoms with Crippen molar-refractivity contribution in [1.82, 2.24) is 20.0 Å². The van der Waals surface area contributed by atoms with Gasteiger partial charge in [-0.05, 0) is 6.92 Å². The number of likely N-dealkylation sites (tertiary alicyclic amines) is 1. The predicted molar refractivity (Wildman–Crippen MR) is 68.2 cm³/mol. The van der Waals surface area contributed by atoms with Gasteiger partial charge in [0.25, 0.3) is 5.91 Å². The number of aromatic nitrogens is 3. The van der Waals surface area contributed by atoms with E-state index in [0.717, 1.165) is 12.4 Å². The SMILES string of the molecule is Cc1cc(C(=O)N2CC[C@H](Oc3ncc(F)cn3)C2)no1. The molecule has 0 aliphatic carbocycles. The molecule has 1 aliphatic rings. The fraction of sp³-hybridized carbons (Fsp3) is 0.385. The first-order valence-corrected chi connectivity index (χ1v) is 6.48. The molecule has 0 spiro atoms. The topological polar surface area (TPSA) is 81.4 Å². The van der Waals surface area contributed by atoms with Gasteiger partial charge in [-0.1, -0.05) is 5.16 Å². The molecule has 110 valence electrons. The van der Waals surface area contributed by atoms with Crippen molar-refractivity contribution in [3.8, 4) is 6.01 Å². The predicted octanol–water partition coefficient (Wildman–Crippen LogP) is 1.21. The maximum atomic E-state index is 12.7. The van der Waals surface area contributed by atoms with Crippen molar-refractivity contribution in [3.63, 3.8) is 0 Å². The summed E-state index contributed by atoms with van der Waals surface area (Å²) in [5.41, 5.74) is 0.284. The second kappa shape index (κ2) is 5.47. The van der Waals surface area contributed by atoms with Crippen LogP contribution in [0.1, 0.15) is 22.7 Å². The van der Waals surface area contributed by atoms with E-state index in [4.69, 9.17) is 9.26 Å². The molecular formula is C13H13FN4O3. The number of hydrogen-bond acceptors (Lipinski definition) is 6. The number of hydrogen-bond donors (Lipinski definition) is 0. The zero-order chi connectivity index (χ0) is 14.8. The van der Waals surface area contributed by atoms with Crippen LogP contribution in [0.25, 0.3) is 0 Å². The van der Waals surface area contributed by atoms with Gasteiger partial charge in [-0.3, -0.25) is 4.79 Å². The third-order valence-electron chi connectivity index (χ3n) is 3.15. The first kappa shape index (κ1) is 13.5. The van der Waals surface area contributed by atoms with Gasteiger partial charge < -0.3 is 14.2 Å².